The van der Waals surface area contributed by atoms with Crippen LogP contribution in [0.2, 0.25) is 0 Å². The number of nitrogens with one attached hydrogen (secondary N) is 1. The topological polar surface area (TPSA) is 72.7 Å². The highest BCUT2D eigenvalue weighted by atomic mass is 32.1. The molecule has 1 atom stereocenters. The third-order valence-corrected chi connectivity index (χ3v) is 5.13. The van der Waals surface area contributed by atoms with Gasteiger partial charge in [0, 0.05) is 11.6 Å². The molecule has 0 saturated carbocycles. The normalized spacial score (nSPS) is 11.9. The molecule has 1 unspecified atom stereocenters. The predicted molar refractivity (Wildman–Crippen MR) is 104 cm³/mol. The van der Waals surface area contributed by atoms with E-state index >= 15 is 0 Å². The number of hydrogen-bond acceptors (Lipinski definition) is 5. The number of rotatable bonds is 5. The molecule has 0 saturated heterocycles. The molecular formula is C20H16FN5OS. The maximum absolute atomic E-state index is 13.2. The molecule has 4 aromatic rings. The minimum atomic E-state index is -0.385. The van der Waals surface area contributed by atoms with Crippen molar-refractivity contribution in [3.05, 3.63) is 94.0 Å². The second kappa shape index (κ2) is 7.69. The van der Waals surface area contributed by atoms with Crippen LogP contribution in [-0.2, 0) is 0 Å². The molecule has 2 aromatic carbocycles. The number of nitrogens with zero attached hydrogens (tertiary/aromatic N) is 4. The molecule has 0 bridgehead atoms. The van der Waals surface area contributed by atoms with E-state index in [1.165, 1.54) is 28.2 Å². The van der Waals surface area contributed by atoms with Gasteiger partial charge in [0.15, 0.2) is 5.69 Å². The van der Waals surface area contributed by atoms with Gasteiger partial charge in [-0.3, -0.25) is 4.79 Å². The fourth-order valence-corrected chi connectivity index (χ4v) is 3.59. The smallest absolute Gasteiger partial charge is 0.274 e. The number of carbonyl (C=O) groups excluding carboxylic acids is 1. The lowest BCUT2D eigenvalue weighted by molar-refractivity contribution is 0.0937. The van der Waals surface area contributed by atoms with Crippen molar-refractivity contribution in [3.8, 4) is 5.69 Å². The number of thiazole rings is 1. The van der Waals surface area contributed by atoms with E-state index in [0.29, 0.717) is 11.4 Å². The summed E-state index contributed by atoms with van der Waals surface area (Å²) in [6.07, 6.45) is 1.71. The maximum atomic E-state index is 13.2. The zero-order chi connectivity index (χ0) is 19.5. The van der Waals surface area contributed by atoms with Crippen molar-refractivity contribution < 1.29 is 9.18 Å². The highest BCUT2D eigenvalue weighted by molar-refractivity contribution is 7.09. The minimum absolute atomic E-state index is 0.210. The molecule has 28 heavy (non-hydrogen) atoms. The fraction of sp³-hybridized carbons (Fsp3) is 0.100. The van der Waals surface area contributed by atoms with Crippen LogP contribution in [0.5, 0.6) is 0 Å². The maximum Gasteiger partial charge on any atom is 0.274 e. The molecule has 6 nitrogen and oxygen atoms in total. The van der Waals surface area contributed by atoms with Crippen molar-refractivity contribution in [2.24, 2.45) is 0 Å². The fourth-order valence-electron chi connectivity index (χ4n) is 2.88. The Balaban J connectivity index is 1.63. The number of amides is 1. The molecule has 0 spiro atoms. The van der Waals surface area contributed by atoms with E-state index in [1.807, 2.05) is 35.7 Å². The van der Waals surface area contributed by atoms with E-state index in [1.54, 1.807) is 25.3 Å². The van der Waals surface area contributed by atoms with Gasteiger partial charge >= 0.3 is 0 Å². The number of benzene rings is 2. The Hall–Kier alpha value is -3.39. The van der Waals surface area contributed by atoms with Gasteiger partial charge < -0.3 is 5.32 Å². The summed E-state index contributed by atoms with van der Waals surface area (Å²) in [6, 6.07) is 15.1. The van der Waals surface area contributed by atoms with Gasteiger partial charge in [0.25, 0.3) is 5.91 Å². The third-order valence-electron chi connectivity index (χ3n) is 4.29. The van der Waals surface area contributed by atoms with E-state index in [2.05, 4.69) is 20.6 Å². The summed E-state index contributed by atoms with van der Waals surface area (Å²) in [5.74, 6) is -0.691. The van der Waals surface area contributed by atoms with Crippen molar-refractivity contribution in [2.45, 2.75) is 13.0 Å². The van der Waals surface area contributed by atoms with Crippen LogP contribution in [0.1, 0.15) is 32.8 Å². The van der Waals surface area contributed by atoms with Gasteiger partial charge in [-0.05, 0) is 36.8 Å². The molecule has 0 fully saturated rings. The molecule has 1 N–H and O–H groups in total. The zero-order valence-corrected chi connectivity index (χ0v) is 15.7. The summed E-state index contributed by atoms with van der Waals surface area (Å²) >= 11 is 1.47. The predicted octanol–water partition coefficient (Wildman–Crippen LogP) is 3.69. The highest BCUT2D eigenvalue weighted by Gasteiger charge is 2.24. The summed E-state index contributed by atoms with van der Waals surface area (Å²) in [6.45, 7) is 1.75. The lowest BCUT2D eigenvalue weighted by Gasteiger charge is -2.16. The molecule has 2 aromatic heterocycles. The standard InChI is InChI=1S/C20H16FN5OS/c1-13-17(24-25-26(13)16-9-7-15(21)8-10-16)19(27)23-18(20-22-11-12-28-20)14-5-3-2-4-6-14/h2-12,18H,1H3,(H,23,27). The van der Waals surface area contributed by atoms with E-state index in [-0.39, 0.29) is 23.5 Å². The number of hydrogen-bond donors (Lipinski definition) is 1. The Morgan fingerprint density at radius 1 is 1.14 bits per heavy atom. The molecule has 4 rings (SSSR count). The van der Waals surface area contributed by atoms with Gasteiger partial charge in [0.05, 0.1) is 11.4 Å². The quantitative estimate of drug-likeness (QED) is 0.561. The van der Waals surface area contributed by atoms with Crippen LogP contribution >= 0.6 is 11.3 Å². The van der Waals surface area contributed by atoms with E-state index in [0.717, 1.165) is 10.6 Å². The number of aromatic nitrogens is 4. The average Bonchev–Trinajstić information content (AvgIpc) is 3.37. The molecule has 2 heterocycles. The Labute approximate surface area is 164 Å². The van der Waals surface area contributed by atoms with Gasteiger partial charge in [0.1, 0.15) is 16.9 Å². The monoisotopic (exact) mass is 393 g/mol. The largest absolute Gasteiger partial charge is 0.337 e. The van der Waals surface area contributed by atoms with Crippen molar-refractivity contribution >= 4 is 17.2 Å². The number of carbonyl (C=O) groups is 1. The van der Waals surface area contributed by atoms with Crippen molar-refractivity contribution in [3.63, 3.8) is 0 Å². The Morgan fingerprint density at radius 3 is 2.57 bits per heavy atom. The molecular weight excluding hydrogens is 377 g/mol. The SMILES string of the molecule is Cc1c(C(=O)NC(c2ccccc2)c2nccs2)nnn1-c1ccc(F)cc1. The Kier molecular flexibility index (Phi) is 4.94. The van der Waals surface area contributed by atoms with Crippen LogP contribution in [0.4, 0.5) is 4.39 Å². The second-order valence-electron chi connectivity index (χ2n) is 6.10. The molecule has 0 aliphatic rings. The summed E-state index contributed by atoms with van der Waals surface area (Å²) < 4.78 is 14.7. The lowest BCUT2D eigenvalue weighted by atomic mass is 10.1. The van der Waals surface area contributed by atoms with Gasteiger partial charge in [-0.15, -0.1) is 16.4 Å². The summed E-state index contributed by atoms with van der Waals surface area (Å²) in [7, 11) is 0. The Bertz CT molecular complexity index is 1080. The van der Waals surface area contributed by atoms with Crippen LogP contribution < -0.4 is 5.32 Å². The third kappa shape index (κ3) is 3.54. The van der Waals surface area contributed by atoms with E-state index < -0.39 is 0 Å². The molecule has 1 amide bonds. The number of halogens is 1. The first-order valence-corrected chi connectivity index (χ1v) is 9.45. The highest BCUT2D eigenvalue weighted by Crippen LogP contribution is 2.24. The first-order valence-electron chi connectivity index (χ1n) is 8.57. The molecule has 0 aliphatic carbocycles. The van der Waals surface area contributed by atoms with Crippen LogP contribution in [0.15, 0.2) is 66.2 Å². The van der Waals surface area contributed by atoms with Crippen LogP contribution in [0, 0.1) is 12.7 Å². The van der Waals surface area contributed by atoms with Gasteiger partial charge in [-0.1, -0.05) is 35.5 Å². The van der Waals surface area contributed by atoms with Crippen LogP contribution in [-0.4, -0.2) is 25.9 Å². The van der Waals surface area contributed by atoms with Crippen LogP contribution in [0.3, 0.4) is 0 Å². The van der Waals surface area contributed by atoms with Gasteiger partial charge in [-0.2, -0.15) is 0 Å². The van der Waals surface area contributed by atoms with Gasteiger partial charge in [-0.25, -0.2) is 14.1 Å². The van der Waals surface area contributed by atoms with Gasteiger partial charge in [0.2, 0.25) is 0 Å². The summed E-state index contributed by atoms with van der Waals surface area (Å²) in [4.78, 5) is 17.3. The van der Waals surface area contributed by atoms with E-state index in [4.69, 9.17) is 0 Å². The van der Waals surface area contributed by atoms with Crippen molar-refractivity contribution in [2.75, 3.05) is 0 Å². The molecule has 8 heteroatoms. The Morgan fingerprint density at radius 2 is 1.89 bits per heavy atom. The first kappa shape index (κ1) is 18.0. The second-order valence-corrected chi connectivity index (χ2v) is 7.03. The van der Waals surface area contributed by atoms with E-state index in [9.17, 15) is 9.18 Å². The van der Waals surface area contributed by atoms with Crippen molar-refractivity contribution in [1.82, 2.24) is 25.3 Å². The lowest BCUT2D eigenvalue weighted by Crippen LogP contribution is -2.30. The van der Waals surface area contributed by atoms with Crippen LogP contribution in [0.25, 0.3) is 5.69 Å². The first-order chi connectivity index (χ1) is 13.6. The average molecular weight is 393 g/mol. The van der Waals surface area contributed by atoms with Crippen molar-refractivity contribution in [1.29, 1.82) is 0 Å². The summed E-state index contributed by atoms with van der Waals surface area (Å²) in [5.41, 5.74) is 2.33. The molecule has 0 radical (unpaired) electrons. The summed E-state index contributed by atoms with van der Waals surface area (Å²) in [5, 5.41) is 13.7. The minimum Gasteiger partial charge on any atom is -0.337 e. The molecule has 140 valence electrons. The molecule has 0 aliphatic heterocycles. The zero-order valence-electron chi connectivity index (χ0n) is 14.9.